The zero-order valence-electron chi connectivity index (χ0n) is 8.34. The molecule has 1 heterocycles. The van der Waals surface area contributed by atoms with E-state index in [9.17, 15) is 13.2 Å². The Morgan fingerprint density at radius 3 is 2.80 bits per heavy atom. The summed E-state index contributed by atoms with van der Waals surface area (Å²) in [5.41, 5.74) is 2.64. The van der Waals surface area contributed by atoms with Gasteiger partial charge in [0.25, 0.3) is 0 Å². The molecule has 1 N–H and O–H groups in total. The Morgan fingerprint density at radius 1 is 1.53 bits per heavy atom. The Bertz CT molecular complexity index is 271. The first-order chi connectivity index (χ1) is 6.97. The Balaban J connectivity index is 2.15. The van der Waals surface area contributed by atoms with Crippen LogP contribution in [0.5, 0.6) is 0 Å². The molecule has 0 aliphatic rings. The van der Waals surface area contributed by atoms with Gasteiger partial charge < -0.3 is 5.32 Å². The van der Waals surface area contributed by atoms with Gasteiger partial charge in [0.05, 0.1) is 17.6 Å². The lowest BCUT2D eigenvalue weighted by Crippen LogP contribution is -2.32. The van der Waals surface area contributed by atoms with E-state index in [1.807, 2.05) is 5.38 Å². The quantitative estimate of drug-likeness (QED) is 0.853. The number of halogens is 3. The molecule has 6 heteroatoms. The zero-order chi connectivity index (χ0) is 11.3. The summed E-state index contributed by atoms with van der Waals surface area (Å²) < 4.78 is 35.9. The van der Waals surface area contributed by atoms with E-state index >= 15 is 0 Å². The number of hydrogen-bond donors (Lipinski definition) is 1. The second-order valence-corrected chi connectivity index (χ2v) is 4.12. The molecule has 0 saturated heterocycles. The number of nitrogens with zero attached hydrogens (tertiary/aromatic N) is 1. The molecule has 1 aromatic heterocycles. The Morgan fingerprint density at radius 2 is 2.27 bits per heavy atom. The van der Waals surface area contributed by atoms with Crippen molar-refractivity contribution in [1.82, 2.24) is 10.3 Å². The maximum atomic E-state index is 12.0. The predicted molar refractivity (Wildman–Crippen MR) is 54.0 cm³/mol. The average Bonchev–Trinajstić information content (AvgIpc) is 2.53. The molecule has 0 aliphatic heterocycles. The molecule has 0 aliphatic carbocycles. The fourth-order valence-corrected chi connectivity index (χ4v) is 1.82. The molecule has 15 heavy (non-hydrogen) atoms. The first-order valence-electron chi connectivity index (χ1n) is 4.64. The highest BCUT2D eigenvalue weighted by molar-refractivity contribution is 7.07. The maximum absolute atomic E-state index is 12.0. The Hall–Kier alpha value is -0.620. The van der Waals surface area contributed by atoms with E-state index in [1.54, 1.807) is 5.51 Å². The highest BCUT2D eigenvalue weighted by atomic mass is 32.1. The van der Waals surface area contributed by atoms with Crippen molar-refractivity contribution in [2.45, 2.75) is 32.0 Å². The highest BCUT2D eigenvalue weighted by Crippen LogP contribution is 2.21. The van der Waals surface area contributed by atoms with E-state index in [0.717, 1.165) is 5.69 Å². The minimum absolute atomic E-state index is 0.529. The normalized spacial score (nSPS) is 14.1. The number of aromatic nitrogens is 1. The SMILES string of the molecule is CC(CC(F)(F)F)NCCc1cscn1. The van der Waals surface area contributed by atoms with Gasteiger partial charge in [-0.15, -0.1) is 11.3 Å². The van der Waals surface area contributed by atoms with Gasteiger partial charge in [-0.05, 0) is 6.92 Å². The van der Waals surface area contributed by atoms with Gasteiger partial charge in [-0.25, -0.2) is 4.98 Å². The van der Waals surface area contributed by atoms with Crippen molar-refractivity contribution in [3.63, 3.8) is 0 Å². The minimum Gasteiger partial charge on any atom is -0.314 e. The third-order valence-electron chi connectivity index (χ3n) is 1.90. The first kappa shape index (κ1) is 12.4. The zero-order valence-corrected chi connectivity index (χ0v) is 9.16. The van der Waals surface area contributed by atoms with Crippen molar-refractivity contribution in [3.8, 4) is 0 Å². The van der Waals surface area contributed by atoms with Crippen molar-refractivity contribution in [2.24, 2.45) is 0 Å². The molecule has 0 fully saturated rings. The molecule has 0 bridgehead atoms. The second-order valence-electron chi connectivity index (χ2n) is 3.40. The van der Waals surface area contributed by atoms with E-state index in [-0.39, 0.29) is 0 Å². The van der Waals surface area contributed by atoms with Gasteiger partial charge in [0.2, 0.25) is 0 Å². The van der Waals surface area contributed by atoms with E-state index in [1.165, 1.54) is 18.3 Å². The van der Waals surface area contributed by atoms with Gasteiger partial charge in [-0.3, -0.25) is 0 Å². The van der Waals surface area contributed by atoms with Crippen LogP contribution in [0.3, 0.4) is 0 Å². The molecule has 1 aromatic rings. The van der Waals surface area contributed by atoms with Crippen LogP contribution in [0.1, 0.15) is 19.0 Å². The largest absolute Gasteiger partial charge is 0.390 e. The van der Waals surface area contributed by atoms with Crippen molar-refractivity contribution < 1.29 is 13.2 Å². The summed E-state index contributed by atoms with van der Waals surface area (Å²) in [6.45, 7) is 2.06. The average molecular weight is 238 g/mol. The van der Waals surface area contributed by atoms with Crippen molar-refractivity contribution in [1.29, 1.82) is 0 Å². The van der Waals surface area contributed by atoms with Crippen LogP contribution < -0.4 is 5.32 Å². The monoisotopic (exact) mass is 238 g/mol. The van der Waals surface area contributed by atoms with Gasteiger partial charge in [-0.1, -0.05) is 0 Å². The van der Waals surface area contributed by atoms with Gasteiger partial charge in [0, 0.05) is 24.4 Å². The van der Waals surface area contributed by atoms with Crippen LogP contribution in [0.4, 0.5) is 13.2 Å². The van der Waals surface area contributed by atoms with Crippen molar-refractivity contribution in [3.05, 3.63) is 16.6 Å². The maximum Gasteiger partial charge on any atom is 0.390 e. The Labute approximate surface area is 90.5 Å². The third-order valence-corrected chi connectivity index (χ3v) is 2.53. The number of thiazole rings is 1. The van der Waals surface area contributed by atoms with Crippen LogP contribution in [0.2, 0.25) is 0 Å². The summed E-state index contributed by atoms with van der Waals surface area (Å²) in [6, 6.07) is -0.538. The first-order valence-corrected chi connectivity index (χ1v) is 5.59. The molecule has 1 unspecified atom stereocenters. The second kappa shape index (κ2) is 5.46. The lowest BCUT2D eigenvalue weighted by atomic mass is 10.2. The predicted octanol–water partition coefficient (Wildman–Crippen LogP) is 2.62. The number of nitrogens with one attached hydrogen (secondary N) is 1. The molecule has 0 spiro atoms. The van der Waals surface area contributed by atoms with Gasteiger partial charge >= 0.3 is 6.18 Å². The van der Waals surface area contributed by atoms with Gasteiger partial charge in [0.1, 0.15) is 0 Å². The fraction of sp³-hybridized carbons (Fsp3) is 0.667. The lowest BCUT2D eigenvalue weighted by Gasteiger charge is -2.15. The molecule has 0 radical (unpaired) electrons. The topological polar surface area (TPSA) is 24.9 Å². The minimum atomic E-state index is -4.09. The Kier molecular flexibility index (Phi) is 4.53. The van der Waals surface area contributed by atoms with Crippen LogP contribution in [0.15, 0.2) is 10.9 Å². The van der Waals surface area contributed by atoms with E-state index < -0.39 is 18.6 Å². The van der Waals surface area contributed by atoms with E-state index in [0.29, 0.717) is 13.0 Å². The molecule has 0 saturated carbocycles. The summed E-state index contributed by atoms with van der Waals surface area (Å²) >= 11 is 1.49. The van der Waals surface area contributed by atoms with Crippen LogP contribution >= 0.6 is 11.3 Å². The van der Waals surface area contributed by atoms with Gasteiger partial charge in [-0.2, -0.15) is 13.2 Å². The molecule has 0 amide bonds. The number of rotatable bonds is 5. The van der Waals surface area contributed by atoms with Crippen LogP contribution in [0.25, 0.3) is 0 Å². The molecule has 0 aromatic carbocycles. The van der Waals surface area contributed by atoms with Crippen LogP contribution in [-0.4, -0.2) is 23.7 Å². The van der Waals surface area contributed by atoms with Crippen molar-refractivity contribution in [2.75, 3.05) is 6.54 Å². The van der Waals surface area contributed by atoms with Gasteiger partial charge in [0.15, 0.2) is 0 Å². The van der Waals surface area contributed by atoms with Crippen LogP contribution in [0, 0.1) is 0 Å². The molecular formula is C9H13F3N2S. The third kappa shape index (κ3) is 5.74. The molecule has 1 rings (SSSR count). The summed E-state index contributed by atoms with van der Waals surface area (Å²) in [5.74, 6) is 0. The van der Waals surface area contributed by atoms with E-state index in [2.05, 4.69) is 10.3 Å². The summed E-state index contributed by atoms with van der Waals surface area (Å²) in [6.07, 6.45) is -4.21. The molecular weight excluding hydrogens is 225 g/mol. The highest BCUT2D eigenvalue weighted by Gasteiger charge is 2.29. The fourth-order valence-electron chi connectivity index (χ4n) is 1.23. The molecule has 1 atom stereocenters. The summed E-state index contributed by atoms with van der Waals surface area (Å²) in [5, 5.41) is 4.72. The summed E-state index contributed by atoms with van der Waals surface area (Å²) in [7, 11) is 0. The number of hydrogen-bond acceptors (Lipinski definition) is 3. The standard InChI is InChI=1S/C9H13F3N2S/c1-7(4-9(10,11)12)13-3-2-8-5-15-6-14-8/h5-7,13H,2-4H2,1H3. The molecule has 2 nitrogen and oxygen atoms in total. The number of alkyl halides is 3. The summed E-state index contributed by atoms with van der Waals surface area (Å²) in [4.78, 5) is 4.04. The van der Waals surface area contributed by atoms with Crippen molar-refractivity contribution >= 4 is 11.3 Å². The lowest BCUT2D eigenvalue weighted by molar-refractivity contribution is -0.138. The smallest absolute Gasteiger partial charge is 0.314 e. The molecule has 86 valence electrons. The van der Waals surface area contributed by atoms with Crippen LogP contribution in [-0.2, 0) is 6.42 Å². The van der Waals surface area contributed by atoms with E-state index in [4.69, 9.17) is 0 Å².